The van der Waals surface area contributed by atoms with Gasteiger partial charge in [-0.3, -0.25) is 4.99 Å². The number of rotatable bonds is 7. The Hall–Kier alpha value is -0.810. The summed E-state index contributed by atoms with van der Waals surface area (Å²) in [6.45, 7) is 6.13. The third kappa shape index (κ3) is 6.48. The van der Waals surface area contributed by atoms with E-state index in [0.29, 0.717) is 19.3 Å². The summed E-state index contributed by atoms with van der Waals surface area (Å²) in [4.78, 5) is 4.11. The molecular formula is C12H25N3O2. The van der Waals surface area contributed by atoms with Crippen molar-refractivity contribution in [3.05, 3.63) is 0 Å². The number of ether oxygens (including phenoxy) is 2. The molecule has 0 radical (unpaired) electrons. The fourth-order valence-corrected chi connectivity index (χ4v) is 1.70. The molecule has 0 bridgehead atoms. The molecule has 1 aliphatic rings. The Morgan fingerprint density at radius 3 is 2.88 bits per heavy atom. The summed E-state index contributed by atoms with van der Waals surface area (Å²) >= 11 is 0. The fourth-order valence-electron chi connectivity index (χ4n) is 1.70. The SMILES string of the molecule is CCCNC(=NC)NCCOCC1CCCO1. The molecule has 0 aromatic heterocycles. The van der Waals surface area contributed by atoms with Crippen LogP contribution in [0.1, 0.15) is 26.2 Å². The third-order valence-electron chi connectivity index (χ3n) is 2.63. The maximum absolute atomic E-state index is 5.55. The molecule has 0 amide bonds. The highest BCUT2D eigenvalue weighted by atomic mass is 16.5. The second kappa shape index (κ2) is 9.24. The zero-order valence-corrected chi connectivity index (χ0v) is 11.0. The molecule has 0 aromatic rings. The lowest BCUT2D eigenvalue weighted by Crippen LogP contribution is -2.39. The highest BCUT2D eigenvalue weighted by molar-refractivity contribution is 5.79. The van der Waals surface area contributed by atoms with E-state index in [1.165, 1.54) is 6.42 Å². The molecule has 0 saturated carbocycles. The molecule has 5 nitrogen and oxygen atoms in total. The quantitative estimate of drug-likeness (QED) is 0.394. The Morgan fingerprint density at radius 1 is 1.41 bits per heavy atom. The average molecular weight is 243 g/mol. The van der Waals surface area contributed by atoms with Gasteiger partial charge in [0.2, 0.25) is 0 Å². The second-order valence-corrected chi connectivity index (χ2v) is 4.14. The van der Waals surface area contributed by atoms with E-state index >= 15 is 0 Å². The maximum atomic E-state index is 5.55. The molecule has 2 N–H and O–H groups in total. The fraction of sp³-hybridized carbons (Fsp3) is 0.917. The first-order chi connectivity index (χ1) is 8.36. The minimum Gasteiger partial charge on any atom is -0.377 e. The van der Waals surface area contributed by atoms with Gasteiger partial charge in [-0.2, -0.15) is 0 Å². The highest BCUT2D eigenvalue weighted by Crippen LogP contribution is 2.11. The van der Waals surface area contributed by atoms with Crippen molar-refractivity contribution in [1.82, 2.24) is 10.6 Å². The normalized spacial score (nSPS) is 20.6. The molecule has 17 heavy (non-hydrogen) atoms. The van der Waals surface area contributed by atoms with Gasteiger partial charge in [0.05, 0.1) is 19.3 Å². The van der Waals surface area contributed by atoms with E-state index in [1.54, 1.807) is 7.05 Å². The summed E-state index contributed by atoms with van der Waals surface area (Å²) in [6, 6.07) is 0. The standard InChI is InChI=1S/C12H25N3O2/c1-3-6-14-12(13-2)15-7-9-16-10-11-5-4-8-17-11/h11H,3-10H2,1-2H3,(H2,13,14,15). The summed E-state index contributed by atoms with van der Waals surface area (Å²) in [5.41, 5.74) is 0. The van der Waals surface area contributed by atoms with E-state index in [4.69, 9.17) is 9.47 Å². The van der Waals surface area contributed by atoms with Crippen molar-refractivity contribution in [2.75, 3.05) is 40.0 Å². The zero-order valence-electron chi connectivity index (χ0n) is 11.0. The van der Waals surface area contributed by atoms with Crippen molar-refractivity contribution in [2.45, 2.75) is 32.3 Å². The molecule has 0 aliphatic carbocycles. The lowest BCUT2D eigenvalue weighted by atomic mass is 10.2. The van der Waals surface area contributed by atoms with Gasteiger partial charge in [0.25, 0.3) is 0 Å². The molecule has 1 unspecified atom stereocenters. The van der Waals surface area contributed by atoms with Crippen LogP contribution in [0.15, 0.2) is 4.99 Å². The van der Waals surface area contributed by atoms with Crippen LogP contribution < -0.4 is 10.6 Å². The molecule has 0 aromatic carbocycles. The van der Waals surface area contributed by atoms with Crippen LogP contribution in [0.5, 0.6) is 0 Å². The summed E-state index contributed by atoms with van der Waals surface area (Å²) in [6.07, 6.45) is 3.70. The highest BCUT2D eigenvalue weighted by Gasteiger charge is 2.14. The Kier molecular flexibility index (Phi) is 7.75. The third-order valence-corrected chi connectivity index (χ3v) is 2.63. The van der Waals surface area contributed by atoms with Crippen molar-refractivity contribution >= 4 is 5.96 Å². The summed E-state index contributed by atoms with van der Waals surface area (Å²) in [5.74, 6) is 0.840. The zero-order chi connectivity index (χ0) is 12.3. The molecule has 100 valence electrons. The van der Waals surface area contributed by atoms with Crippen LogP contribution in [0.4, 0.5) is 0 Å². The van der Waals surface area contributed by atoms with Gasteiger partial charge < -0.3 is 20.1 Å². The molecule has 1 aliphatic heterocycles. The largest absolute Gasteiger partial charge is 0.377 e. The van der Waals surface area contributed by atoms with E-state index in [2.05, 4.69) is 22.5 Å². The molecule has 1 atom stereocenters. The molecule has 0 spiro atoms. The second-order valence-electron chi connectivity index (χ2n) is 4.14. The van der Waals surface area contributed by atoms with Gasteiger partial charge in [0.1, 0.15) is 0 Å². The van der Waals surface area contributed by atoms with Crippen molar-refractivity contribution in [2.24, 2.45) is 4.99 Å². The summed E-state index contributed by atoms with van der Waals surface area (Å²) < 4.78 is 11.0. The minimum atomic E-state index is 0.313. The topological polar surface area (TPSA) is 54.9 Å². The molecule has 1 saturated heterocycles. The monoisotopic (exact) mass is 243 g/mol. The van der Waals surface area contributed by atoms with E-state index in [1.807, 2.05) is 0 Å². The number of hydrogen-bond acceptors (Lipinski definition) is 3. The van der Waals surface area contributed by atoms with Crippen molar-refractivity contribution in [3.8, 4) is 0 Å². The van der Waals surface area contributed by atoms with Gasteiger partial charge in [-0.15, -0.1) is 0 Å². The Bertz CT molecular complexity index is 216. The molecule has 1 rings (SSSR count). The van der Waals surface area contributed by atoms with Gasteiger partial charge in [-0.1, -0.05) is 6.92 Å². The van der Waals surface area contributed by atoms with Crippen LogP contribution in [0.3, 0.4) is 0 Å². The number of aliphatic imine (C=N–C) groups is 1. The number of nitrogens with one attached hydrogen (secondary N) is 2. The van der Waals surface area contributed by atoms with Crippen LogP contribution in [-0.4, -0.2) is 52.0 Å². The predicted octanol–water partition coefficient (Wildman–Crippen LogP) is 0.757. The van der Waals surface area contributed by atoms with Crippen molar-refractivity contribution < 1.29 is 9.47 Å². The van der Waals surface area contributed by atoms with Crippen LogP contribution in [0, 0.1) is 0 Å². The van der Waals surface area contributed by atoms with E-state index in [9.17, 15) is 0 Å². The minimum absolute atomic E-state index is 0.313. The molecule has 5 heteroatoms. The Morgan fingerprint density at radius 2 is 2.24 bits per heavy atom. The number of hydrogen-bond donors (Lipinski definition) is 2. The predicted molar refractivity (Wildman–Crippen MR) is 69.4 cm³/mol. The first kappa shape index (κ1) is 14.3. The summed E-state index contributed by atoms with van der Waals surface area (Å²) in [5, 5.41) is 6.41. The first-order valence-electron chi connectivity index (χ1n) is 6.50. The number of guanidine groups is 1. The molecule has 1 heterocycles. The van der Waals surface area contributed by atoms with Crippen LogP contribution in [-0.2, 0) is 9.47 Å². The first-order valence-corrected chi connectivity index (χ1v) is 6.50. The van der Waals surface area contributed by atoms with Crippen molar-refractivity contribution in [3.63, 3.8) is 0 Å². The lowest BCUT2D eigenvalue weighted by Gasteiger charge is -2.12. The Labute approximate surface area is 104 Å². The van der Waals surface area contributed by atoms with Gasteiger partial charge >= 0.3 is 0 Å². The van der Waals surface area contributed by atoms with E-state index in [-0.39, 0.29) is 0 Å². The van der Waals surface area contributed by atoms with Crippen LogP contribution in [0.2, 0.25) is 0 Å². The van der Waals surface area contributed by atoms with Crippen molar-refractivity contribution in [1.29, 1.82) is 0 Å². The van der Waals surface area contributed by atoms with Crippen LogP contribution >= 0.6 is 0 Å². The van der Waals surface area contributed by atoms with Gasteiger partial charge in [-0.05, 0) is 19.3 Å². The maximum Gasteiger partial charge on any atom is 0.191 e. The van der Waals surface area contributed by atoms with Crippen LogP contribution in [0.25, 0.3) is 0 Å². The molecule has 1 fully saturated rings. The summed E-state index contributed by atoms with van der Waals surface area (Å²) in [7, 11) is 1.78. The van der Waals surface area contributed by atoms with Gasteiger partial charge in [-0.25, -0.2) is 0 Å². The lowest BCUT2D eigenvalue weighted by molar-refractivity contribution is 0.0191. The van der Waals surface area contributed by atoms with Gasteiger partial charge in [0.15, 0.2) is 5.96 Å². The van der Waals surface area contributed by atoms with Gasteiger partial charge in [0, 0.05) is 26.7 Å². The number of nitrogens with zero attached hydrogens (tertiary/aromatic N) is 1. The molecular weight excluding hydrogens is 218 g/mol. The Balaban J connectivity index is 1.94. The van der Waals surface area contributed by atoms with E-state index in [0.717, 1.165) is 38.5 Å². The van der Waals surface area contributed by atoms with E-state index < -0.39 is 0 Å². The average Bonchev–Trinajstić information content (AvgIpc) is 2.85. The smallest absolute Gasteiger partial charge is 0.191 e.